The average molecular weight is 541 g/mol. The Morgan fingerprint density at radius 2 is 1.82 bits per heavy atom. The minimum Gasteiger partial charge on any atom is -0.465 e. The number of rotatable bonds is 11. The second-order valence-electron chi connectivity index (χ2n) is 8.69. The number of nitro groups is 1. The summed E-state index contributed by atoms with van der Waals surface area (Å²) in [5.74, 6) is -3.46. The maximum Gasteiger partial charge on any atom is 0.336 e. The van der Waals surface area contributed by atoms with Crippen LogP contribution >= 0.6 is 11.8 Å². The van der Waals surface area contributed by atoms with E-state index in [2.05, 4.69) is 4.99 Å². The molecule has 1 aliphatic heterocycles. The van der Waals surface area contributed by atoms with Crippen molar-refractivity contribution in [3.63, 3.8) is 0 Å². The molecule has 0 aromatic heterocycles. The summed E-state index contributed by atoms with van der Waals surface area (Å²) in [6, 6.07) is 13.7. The summed E-state index contributed by atoms with van der Waals surface area (Å²) in [6.45, 7) is 5.13. The van der Waals surface area contributed by atoms with E-state index in [4.69, 9.17) is 9.47 Å². The van der Waals surface area contributed by atoms with Crippen LogP contribution in [0.3, 0.4) is 0 Å². The van der Waals surface area contributed by atoms with Gasteiger partial charge in [0.05, 0.1) is 35.5 Å². The maximum atomic E-state index is 13.4. The highest BCUT2D eigenvalue weighted by molar-refractivity contribution is 7.98. The van der Waals surface area contributed by atoms with E-state index in [0.29, 0.717) is 17.0 Å². The number of hydrogen-bond acceptors (Lipinski definition) is 9. The summed E-state index contributed by atoms with van der Waals surface area (Å²) in [6.07, 6.45) is 1.43. The molecule has 0 bridgehead atoms. The highest BCUT2D eigenvalue weighted by atomic mass is 32.2. The lowest BCUT2D eigenvalue weighted by atomic mass is 9.74. The lowest BCUT2D eigenvalue weighted by Crippen LogP contribution is -2.37. The highest BCUT2D eigenvalue weighted by Gasteiger charge is 2.45. The fraction of sp³-hybridized carbons (Fsp3) is 0.393. The molecule has 2 aromatic rings. The van der Waals surface area contributed by atoms with Gasteiger partial charge >= 0.3 is 11.9 Å². The number of allylic oxidation sites excluding steroid dienone is 1. The Hall–Kier alpha value is -3.50. The summed E-state index contributed by atoms with van der Waals surface area (Å²) in [5.41, 5.74) is 1.46. The molecule has 0 fully saturated rings. The Kier molecular flexibility index (Phi) is 10.2. The quantitative estimate of drug-likeness (QED) is 0.174. The molecule has 3 unspecified atom stereocenters. The summed E-state index contributed by atoms with van der Waals surface area (Å²) in [5, 5.41) is 22.9. The van der Waals surface area contributed by atoms with Crippen molar-refractivity contribution in [3.8, 4) is 0 Å². The Morgan fingerprint density at radius 3 is 2.42 bits per heavy atom. The molecule has 10 heteroatoms. The topological polar surface area (TPSA) is 128 Å². The third-order valence-corrected chi connectivity index (χ3v) is 7.08. The predicted octanol–water partition coefficient (Wildman–Crippen LogP) is 5.39. The zero-order valence-corrected chi connectivity index (χ0v) is 22.7. The van der Waals surface area contributed by atoms with E-state index in [9.17, 15) is 24.8 Å². The van der Waals surface area contributed by atoms with Crippen LogP contribution in [-0.4, -0.2) is 47.1 Å². The second-order valence-corrected chi connectivity index (χ2v) is 9.57. The van der Waals surface area contributed by atoms with E-state index in [-0.39, 0.29) is 42.9 Å². The third kappa shape index (κ3) is 6.49. The van der Waals surface area contributed by atoms with E-state index in [0.717, 1.165) is 4.90 Å². The first-order valence-corrected chi connectivity index (χ1v) is 13.6. The van der Waals surface area contributed by atoms with E-state index in [1.807, 2.05) is 24.5 Å². The minimum absolute atomic E-state index is 0.0642. The van der Waals surface area contributed by atoms with Crippen LogP contribution in [0.15, 0.2) is 69.7 Å². The van der Waals surface area contributed by atoms with Crippen molar-refractivity contribution >= 4 is 35.1 Å². The Labute approximate surface area is 226 Å². The summed E-state index contributed by atoms with van der Waals surface area (Å²) in [4.78, 5) is 43.6. The molecule has 3 rings (SSSR count). The SMILES string of the molecule is CCOC(=O)C1=C(CCC(O)c2ccccc2)N=C(C)C(C(=O)OCC)C1c1cc(SC)ccc1[N+](=O)[O-]. The van der Waals surface area contributed by atoms with Crippen LogP contribution in [0.25, 0.3) is 0 Å². The van der Waals surface area contributed by atoms with E-state index in [1.54, 1.807) is 45.0 Å². The van der Waals surface area contributed by atoms with Crippen LogP contribution in [0.4, 0.5) is 5.69 Å². The van der Waals surface area contributed by atoms with Crippen LogP contribution in [-0.2, 0) is 19.1 Å². The molecule has 38 heavy (non-hydrogen) atoms. The molecule has 9 nitrogen and oxygen atoms in total. The molecule has 0 saturated carbocycles. The first kappa shape index (κ1) is 29.1. The molecular formula is C28H32N2O7S. The number of benzene rings is 2. The number of carbonyl (C=O) groups excluding carboxylic acids is 2. The minimum atomic E-state index is -1.06. The Bertz CT molecular complexity index is 1240. The van der Waals surface area contributed by atoms with Gasteiger partial charge in [-0.05, 0) is 57.6 Å². The van der Waals surface area contributed by atoms with Gasteiger partial charge in [0.1, 0.15) is 5.92 Å². The molecule has 0 spiro atoms. The number of aliphatic hydroxyl groups is 1. The highest BCUT2D eigenvalue weighted by Crippen LogP contribution is 2.45. The number of nitro benzene ring substituents is 1. The zero-order chi connectivity index (χ0) is 27.8. The first-order chi connectivity index (χ1) is 18.2. The monoisotopic (exact) mass is 540 g/mol. The van der Waals surface area contributed by atoms with Gasteiger partial charge in [0, 0.05) is 28.2 Å². The molecule has 0 amide bonds. The Morgan fingerprint density at radius 1 is 1.13 bits per heavy atom. The normalized spacial score (nSPS) is 18.0. The number of esters is 2. The van der Waals surface area contributed by atoms with Gasteiger partial charge < -0.3 is 14.6 Å². The summed E-state index contributed by atoms with van der Waals surface area (Å²) >= 11 is 1.39. The van der Waals surface area contributed by atoms with Gasteiger partial charge in [0.15, 0.2) is 0 Å². The second kappa shape index (κ2) is 13.3. The molecule has 0 radical (unpaired) electrons. The van der Waals surface area contributed by atoms with Crippen LogP contribution in [0.2, 0.25) is 0 Å². The van der Waals surface area contributed by atoms with Crippen LogP contribution in [0.5, 0.6) is 0 Å². The van der Waals surface area contributed by atoms with Crippen LogP contribution in [0.1, 0.15) is 56.8 Å². The number of nitrogens with zero attached hydrogens (tertiary/aromatic N) is 2. The number of hydrogen-bond donors (Lipinski definition) is 1. The summed E-state index contributed by atoms with van der Waals surface area (Å²) < 4.78 is 10.7. The van der Waals surface area contributed by atoms with Crippen molar-refractivity contribution in [3.05, 3.63) is 81.0 Å². The van der Waals surface area contributed by atoms with Crippen molar-refractivity contribution in [1.29, 1.82) is 0 Å². The van der Waals surface area contributed by atoms with Gasteiger partial charge in [-0.3, -0.25) is 19.9 Å². The predicted molar refractivity (Wildman–Crippen MR) is 145 cm³/mol. The van der Waals surface area contributed by atoms with Gasteiger partial charge in [-0.1, -0.05) is 30.3 Å². The molecule has 3 atom stereocenters. The fourth-order valence-corrected chi connectivity index (χ4v) is 5.09. The molecule has 202 valence electrons. The van der Waals surface area contributed by atoms with Crippen molar-refractivity contribution in [1.82, 2.24) is 0 Å². The number of aliphatic imine (C=N–C) groups is 1. The van der Waals surface area contributed by atoms with Crippen LogP contribution in [0, 0.1) is 16.0 Å². The molecular weight excluding hydrogens is 508 g/mol. The first-order valence-electron chi connectivity index (χ1n) is 12.4. The Balaban J connectivity index is 2.22. The molecule has 0 aliphatic carbocycles. The molecule has 1 aliphatic rings. The van der Waals surface area contributed by atoms with Gasteiger partial charge in [-0.25, -0.2) is 4.79 Å². The average Bonchev–Trinajstić information content (AvgIpc) is 2.91. The van der Waals surface area contributed by atoms with Crippen molar-refractivity contribution in [2.75, 3.05) is 19.5 Å². The molecule has 2 aromatic carbocycles. The number of carbonyl (C=O) groups is 2. The molecule has 1 N–H and O–H groups in total. The van der Waals surface area contributed by atoms with Crippen LogP contribution < -0.4 is 0 Å². The summed E-state index contributed by atoms with van der Waals surface area (Å²) in [7, 11) is 0. The van der Waals surface area contributed by atoms with Crippen molar-refractivity contribution < 1.29 is 29.1 Å². The smallest absolute Gasteiger partial charge is 0.336 e. The van der Waals surface area contributed by atoms with Gasteiger partial charge in [-0.2, -0.15) is 0 Å². The van der Waals surface area contributed by atoms with Gasteiger partial charge in [0.25, 0.3) is 5.69 Å². The third-order valence-electron chi connectivity index (χ3n) is 6.36. The van der Waals surface area contributed by atoms with Gasteiger partial charge in [0.2, 0.25) is 0 Å². The molecule has 1 heterocycles. The largest absolute Gasteiger partial charge is 0.465 e. The maximum absolute atomic E-state index is 13.4. The number of aliphatic hydroxyl groups excluding tert-OH is 1. The molecule has 0 saturated heterocycles. The van der Waals surface area contributed by atoms with Gasteiger partial charge in [-0.15, -0.1) is 11.8 Å². The lowest BCUT2D eigenvalue weighted by Gasteiger charge is -2.32. The van der Waals surface area contributed by atoms with E-state index < -0.39 is 34.8 Å². The fourth-order valence-electron chi connectivity index (χ4n) is 4.64. The number of thioether (sulfide) groups is 1. The standard InChI is InChI=1S/C28H32N2O7S/c1-5-36-27(32)24-17(3)29-21(13-15-23(31)18-10-8-7-9-11-18)26(28(33)37-6-2)25(24)20-16-19(38-4)12-14-22(20)30(34)35/h7-12,14,16,23-25,31H,5-6,13,15H2,1-4H3. The lowest BCUT2D eigenvalue weighted by molar-refractivity contribution is -0.385. The zero-order valence-electron chi connectivity index (χ0n) is 21.9. The van der Waals surface area contributed by atoms with Crippen molar-refractivity contribution in [2.45, 2.75) is 50.5 Å². The number of ether oxygens (including phenoxy) is 2. The van der Waals surface area contributed by atoms with E-state index >= 15 is 0 Å². The van der Waals surface area contributed by atoms with E-state index in [1.165, 1.54) is 17.8 Å². The van der Waals surface area contributed by atoms with Crippen molar-refractivity contribution in [2.24, 2.45) is 10.9 Å².